The van der Waals surface area contributed by atoms with E-state index in [9.17, 15) is 0 Å². The first-order valence-corrected chi connectivity index (χ1v) is 11.7. The molecule has 3 aromatic rings. The van der Waals surface area contributed by atoms with Crippen LogP contribution >= 0.6 is 15.9 Å². The standard InChI is InChI=1S/C24H31BrN4/c1-2-3-4-5-11-27-12-14-28(15-13-27)18-20-7-6-8-21(16-20)23-17-26-24-10-9-22(25)19-29(23)24/h6-10,16-17,19H,2-5,11-15,18H2,1H3. The van der Waals surface area contributed by atoms with Crippen LogP contribution in [0.2, 0.25) is 0 Å². The second-order valence-corrected chi connectivity index (χ2v) is 9.01. The molecule has 0 N–H and O–H groups in total. The minimum absolute atomic E-state index is 0.976. The second-order valence-electron chi connectivity index (χ2n) is 8.10. The minimum atomic E-state index is 0.976. The van der Waals surface area contributed by atoms with E-state index in [0.717, 1.165) is 22.4 Å². The van der Waals surface area contributed by atoms with Crippen molar-refractivity contribution in [3.8, 4) is 11.3 Å². The highest BCUT2D eigenvalue weighted by molar-refractivity contribution is 9.10. The van der Waals surface area contributed by atoms with Crippen LogP contribution in [0.5, 0.6) is 0 Å². The van der Waals surface area contributed by atoms with Crippen LogP contribution in [0.1, 0.15) is 38.2 Å². The Morgan fingerprint density at radius 2 is 1.79 bits per heavy atom. The predicted molar refractivity (Wildman–Crippen MR) is 124 cm³/mol. The van der Waals surface area contributed by atoms with Gasteiger partial charge in [-0.1, -0.05) is 44.4 Å². The van der Waals surface area contributed by atoms with Crippen molar-refractivity contribution >= 4 is 21.6 Å². The van der Waals surface area contributed by atoms with Gasteiger partial charge in [0.15, 0.2) is 0 Å². The third kappa shape index (κ3) is 5.27. The SMILES string of the molecule is CCCCCCN1CCN(Cc2cccc(-c3cnc4ccc(Br)cn34)c2)CC1. The third-order valence-electron chi connectivity index (χ3n) is 5.89. The summed E-state index contributed by atoms with van der Waals surface area (Å²) in [5.41, 5.74) is 4.72. The van der Waals surface area contributed by atoms with Gasteiger partial charge in [0.1, 0.15) is 5.65 Å². The van der Waals surface area contributed by atoms with Crippen molar-refractivity contribution in [2.75, 3.05) is 32.7 Å². The largest absolute Gasteiger partial charge is 0.301 e. The van der Waals surface area contributed by atoms with Gasteiger partial charge in [-0.15, -0.1) is 0 Å². The monoisotopic (exact) mass is 454 g/mol. The Morgan fingerprint density at radius 3 is 2.62 bits per heavy atom. The van der Waals surface area contributed by atoms with E-state index in [-0.39, 0.29) is 0 Å². The van der Waals surface area contributed by atoms with Gasteiger partial charge in [-0.2, -0.15) is 0 Å². The fourth-order valence-electron chi connectivity index (χ4n) is 4.19. The number of hydrogen-bond donors (Lipinski definition) is 0. The van der Waals surface area contributed by atoms with Gasteiger partial charge >= 0.3 is 0 Å². The van der Waals surface area contributed by atoms with Crippen molar-refractivity contribution in [3.63, 3.8) is 0 Å². The van der Waals surface area contributed by atoms with E-state index in [4.69, 9.17) is 0 Å². The van der Waals surface area contributed by atoms with Gasteiger partial charge in [0.05, 0.1) is 11.9 Å². The molecule has 1 aliphatic heterocycles. The van der Waals surface area contributed by atoms with Crippen LogP contribution in [-0.4, -0.2) is 51.9 Å². The topological polar surface area (TPSA) is 23.8 Å². The molecule has 1 saturated heterocycles. The number of hydrogen-bond acceptors (Lipinski definition) is 3. The first-order chi connectivity index (χ1) is 14.2. The molecule has 0 bridgehead atoms. The molecule has 29 heavy (non-hydrogen) atoms. The van der Waals surface area contributed by atoms with Crippen LogP contribution in [0.3, 0.4) is 0 Å². The lowest BCUT2D eigenvalue weighted by Crippen LogP contribution is -2.46. The van der Waals surface area contributed by atoms with E-state index in [0.29, 0.717) is 0 Å². The van der Waals surface area contributed by atoms with Gasteiger partial charge in [-0.25, -0.2) is 4.98 Å². The van der Waals surface area contributed by atoms with Crippen molar-refractivity contribution in [2.24, 2.45) is 0 Å². The summed E-state index contributed by atoms with van der Waals surface area (Å²) in [5.74, 6) is 0. The van der Waals surface area contributed by atoms with E-state index in [1.165, 1.54) is 69.5 Å². The van der Waals surface area contributed by atoms with Crippen molar-refractivity contribution in [1.82, 2.24) is 19.2 Å². The molecule has 154 valence electrons. The number of unbranched alkanes of at least 4 members (excludes halogenated alkanes) is 3. The Bertz CT molecular complexity index is 928. The summed E-state index contributed by atoms with van der Waals surface area (Å²) in [4.78, 5) is 9.78. The third-order valence-corrected chi connectivity index (χ3v) is 6.36. The summed E-state index contributed by atoms with van der Waals surface area (Å²) < 4.78 is 3.22. The normalized spacial score (nSPS) is 15.9. The van der Waals surface area contributed by atoms with Gasteiger partial charge < -0.3 is 4.90 Å². The average Bonchev–Trinajstić information content (AvgIpc) is 3.16. The summed E-state index contributed by atoms with van der Waals surface area (Å²) in [6.07, 6.45) is 9.48. The lowest BCUT2D eigenvalue weighted by atomic mass is 10.1. The molecule has 0 amide bonds. The Balaban J connectivity index is 1.37. The van der Waals surface area contributed by atoms with Crippen molar-refractivity contribution in [3.05, 3.63) is 58.8 Å². The number of halogens is 1. The van der Waals surface area contributed by atoms with E-state index in [1.807, 2.05) is 18.3 Å². The minimum Gasteiger partial charge on any atom is -0.301 e. The molecule has 3 heterocycles. The summed E-state index contributed by atoms with van der Waals surface area (Å²) in [6.45, 7) is 9.31. The molecule has 0 aliphatic carbocycles. The summed E-state index contributed by atoms with van der Waals surface area (Å²) >= 11 is 3.57. The van der Waals surface area contributed by atoms with Crippen molar-refractivity contribution < 1.29 is 0 Å². The molecule has 0 radical (unpaired) electrons. The molecule has 1 aromatic carbocycles. The molecule has 1 fully saturated rings. The molecular formula is C24H31BrN4. The van der Waals surface area contributed by atoms with Gasteiger partial charge in [0.25, 0.3) is 0 Å². The summed E-state index contributed by atoms with van der Waals surface area (Å²) in [6, 6.07) is 13.0. The molecule has 0 unspecified atom stereocenters. The maximum Gasteiger partial charge on any atom is 0.137 e. The first kappa shape index (κ1) is 20.6. The van der Waals surface area contributed by atoms with Gasteiger partial charge in [-0.05, 0) is 52.7 Å². The zero-order valence-corrected chi connectivity index (χ0v) is 18.9. The molecule has 1 aliphatic rings. The van der Waals surface area contributed by atoms with E-state index < -0.39 is 0 Å². The number of imidazole rings is 1. The Kier molecular flexibility index (Phi) is 7.01. The number of fused-ring (bicyclic) bond motifs is 1. The van der Waals surface area contributed by atoms with Gasteiger partial charge in [0.2, 0.25) is 0 Å². The quantitative estimate of drug-likeness (QED) is 0.422. The molecule has 0 saturated carbocycles. The van der Waals surface area contributed by atoms with E-state index in [2.05, 4.69) is 72.5 Å². The van der Waals surface area contributed by atoms with Crippen LogP contribution in [0.15, 0.2) is 53.3 Å². The zero-order valence-electron chi connectivity index (χ0n) is 17.4. The molecule has 0 spiro atoms. The van der Waals surface area contributed by atoms with Gasteiger partial charge in [0, 0.05) is 49.0 Å². The zero-order chi connectivity index (χ0) is 20.1. The Labute approximate surface area is 182 Å². The van der Waals surface area contributed by atoms with Crippen LogP contribution < -0.4 is 0 Å². The van der Waals surface area contributed by atoms with Crippen LogP contribution in [0.25, 0.3) is 16.9 Å². The molecule has 5 heteroatoms. The van der Waals surface area contributed by atoms with Crippen molar-refractivity contribution in [2.45, 2.75) is 39.2 Å². The highest BCUT2D eigenvalue weighted by Crippen LogP contribution is 2.24. The highest BCUT2D eigenvalue weighted by atomic mass is 79.9. The van der Waals surface area contributed by atoms with Crippen molar-refractivity contribution in [1.29, 1.82) is 0 Å². The van der Waals surface area contributed by atoms with E-state index >= 15 is 0 Å². The molecule has 4 rings (SSSR count). The fraction of sp³-hybridized carbons (Fsp3) is 0.458. The molecule has 0 atom stereocenters. The fourth-order valence-corrected chi connectivity index (χ4v) is 4.53. The number of pyridine rings is 1. The lowest BCUT2D eigenvalue weighted by Gasteiger charge is -2.34. The number of aromatic nitrogens is 2. The highest BCUT2D eigenvalue weighted by Gasteiger charge is 2.17. The number of benzene rings is 1. The average molecular weight is 455 g/mol. The Hall–Kier alpha value is -1.69. The number of nitrogens with zero attached hydrogens (tertiary/aromatic N) is 4. The molecule has 4 nitrogen and oxygen atoms in total. The van der Waals surface area contributed by atoms with Crippen LogP contribution in [-0.2, 0) is 6.54 Å². The summed E-state index contributed by atoms with van der Waals surface area (Å²) in [5, 5.41) is 0. The predicted octanol–water partition coefficient (Wildman–Crippen LogP) is 5.46. The molecule has 2 aromatic heterocycles. The smallest absolute Gasteiger partial charge is 0.137 e. The maximum absolute atomic E-state index is 4.55. The van der Waals surface area contributed by atoms with Crippen LogP contribution in [0, 0.1) is 0 Å². The van der Waals surface area contributed by atoms with Gasteiger partial charge in [-0.3, -0.25) is 9.30 Å². The Morgan fingerprint density at radius 1 is 0.966 bits per heavy atom. The lowest BCUT2D eigenvalue weighted by molar-refractivity contribution is 0.125. The van der Waals surface area contributed by atoms with Crippen LogP contribution in [0.4, 0.5) is 0 Å². The van der Waals surface area contributed by atoms with E-state index in [1.54, 1.807) is 0 Å². The molecular weight excluding hydrogens is 424 g/mol. The summed E-state index contributed by atoms with van der Waals surface area (Å²) in [7, 11) is 0. The second kappa shape index (κ2) is 9.88. The number of piperazine rings is 1. The first-order valence-electron chi connectivity index (χ1n) is 10.9. The maximum atomic E-state index is 4.55. The number of rotatable bonds is 8.